The van der Waals surface area contributed by atoms with Crippen LogP contribution in [0.3, 0.4) is 0 Å². The van der Waals surface area contributed by atoms with Crippen molar-refractivity contribution in [3.8, 4) is 0 Å². The molecule has 0 heterocycles. The van der Waals surface area contributed by atoms with Gasteiger partial charge in [0.25, 0.3) is 0 Å². The lowest BCUT2D eigenvalue weighted by atomic mass is 9.83. The Morgan fingerprint density at radius 3 is 2.80 bits per heavy atom. The maximum absolute atomic E-state index is 11.1. The van der Waals surface area contributed by atoms with E-state index in [1.165, 1.54) is 6.42 Å². The van der Waals surface area contributed by atoms with Crippen LogP contribution in [0.1, 0.15) is 51.9 Å². The molecular weight excluding hydrogens is 192 g/mol. The zero-order valence-corrected chi connectivity index (χ0v) is 9.58. The SMILES string of the molecule is CCOC(=O)CCCC1CCCCC1O. The predicted molar refractivity (Wildman–Crippen MR) is 58.4 cm³/mol. The van der Waals surface area contributed by atoms with Gasteiger partial charge < -0.3 is 9.84 Å². The highest BCUT2D eigenvalue weighted by Crippen LogP contribution is 2.28. The standard InChI is InChI=1S/C12H22O3/c1-2-15-12(14)9-5-7-10-6-3-4-8-11(10)13/h10-11,13H,2-9H2,1H3. The molecule has 0 aromatic carbocycles. The van der Waals surface area contributed by atoms with Gasteiger partial charge in [-0.1, -0.05) is 12.8 Å². The van der Waals surface area contributed by atoms with Crippen molar-refractivity contribution in [2.45, 2.75) is 58.0 Å². The smallest absolute Gasteiger partial charge is 0.305 e. The van der Waals surface area contributed by atoms with Gasteiger partial charge in [-0.3, -0.25) is 4.79 Å². The number of aliphatic hydroxyl groups excluding tert-OH is 1. The molecule has 1 aliphatic carbocycles. The summed E-state index contributed by atoms with van der Waals surface area (Å²) in [5.74, 6) is 0.302. The van der Waals surface area contributed by atoms with Gasteiger partial charge in [0, 0.05) is 6.42 Å². The number of aliphatic hydroxyl groups is 1. The number of hydrogen-bond donors (Lipinski definition) is 1. The monoisotopic (exact) mass is 214 g/mol. The molecule has 1 saturated carbocycles. The van der Waals surface area contributed by atoms with Gasteiger partial charge in [-0.2, -0.15) is 0 Å². The maximum Gasteiger partial charge on any atom is 0.305 e. The first-order valence-electron chi connectivity index (χ1n) is 6.07. The highest BCUT2D eigenvalue weighted by atomic mass is 16.5. The molecule has 0 saturated heterocycles. The quantitative estimate of drug-likeness (QED) is 0.714. The fraction of sp³-hybridized carbons (Fsp3) is 0.917. The van der Waals surface area contributed by atoms with Crippen molar-refractivity contribution < 1.29 is 14.6 Å². The van der Waals surface area contributed by atoms with Crippen molar-refractivity contribution in [3.05, 3.63) is 0 Å². The lowest BCUT2D eigenvalue weighted by Gasteiger charge is -2.27. The van der Waals surface area contributed by atoms with Crippen LogP contribution < -0.4 is 0 Å². The predicted octanol–water partition coefficient (Wildman–Crippen LogP) is 2.27. The Labute approximate surface area is 91.8 Å². The number of rotatable bonds is 5. The summed E-state index contributed by atoms with van der Waals surface area (Å²) in [5.41, 5.74) is 0. The zero-order chi connectivity index (χ0) is 11.1. The highest BCUT2D eigenvalue weighted by Gasteiger charge is 2.22. The van der Waals surface area contributed by atoms with Gasteiger partial charge in [0.1, 0.15) is 0 Å². The number of hydrogen-bond acceptors (Lipinski definition) is 3. The van der Waals surface area contributed by atoms with Crippen LogP contribution in [0, 0.1) is 5.92 Å². The molecule has 0 aromatic rings. The molecule has 0 aromatic heterocycles. The molecule has 3 heteroatoms. The first-order chi connectivity index (χ1) is 7.24. The molecule has 15 heavy (non-hydrogen) atoms. The molecule has 1 rings (SSSR count). The summed E-state index contributed by atoms with van der Waals surface area (Å²) < 4.78 is 4.86. The van der Waals surface area contributed by atoms with Gasteiger partial charge in [-0.25, -0.2) is 0 Å². The Bertz CT molecular complexity index is 191. The van der Waals surface area contributed by atoms with Gasteiger partial charge in [0.05, 0.1) is 12.7 Å². The second-order valence-corrected chi connectivity index (χ2v) is 4.31. The minimum atomic E-state index is -0.138. The molecule has 1 fully saturated rings. The Kier molecular flexibility index (Phi) is 5.69. The minimum absolute atomic E-state index is 0.109. The van der Waals surface area contributed by atoms with Crippen LogP contribution in [-0.4, -0.2) is 23.8 Å². The number of carbonyl (C=O) groups excluding carboxylic acids is 1. The van der Waals surface area contributed by atoms with Crippen molar-refractivity contribution in [1.29, 1.82) is 0 Å². The number of ether oxygens (including phenoxy) is 1. The number of carbonyl (C=O) groups is 1. The fourth-order valence-corrected chi connectivity index (χ4v) is 2.27. The second kappa shape index (κ2) is 6.83. The summed E-state index contributed by atoms with van der Waals surface area (Å²) in [6, 6.07) is 0. The molecule has 2 atom stereocenters. The molecule has 1 N–H and O–H groups in total. The maximum atomic E-state index is 11.1. The third-order valence-electron chi connectivity index (χ3n) is 3.13. The third kappa shape index (κ3) is 4.65. The minimum Gasteiger partial charge on any atom is -0.466 e. The molecule has 2 unspecified atom stereocenters. The molecule has 88 valence electrons. The van der Waals surface area contributed by atoms with Crippen LogP contribution in [-0.2, 0) is 9.53 Å². The van der Waals surface area contributed by atoms with Crippen LogP contribution in [0.15, 0.2) is 0 Å². The van der Waals surface area contributed by atoms with E-state index in [-0.39, 0.29) is 12.1 Å². The van der Waals surface area contributed by atoms with Gasteiger partial charge in [-0.05, 0) is 38.5 Å². The topological polar surface area (TPSA) is 46.5 Å². The summed E-state index contributed by atoms with van der Waals surface area (Å²) in [5, 5.41) is 9.72. The summed E-state index contributed by atoms with van der Waals surface area (Å²) >= 11 is 0. The molecule has 0 bridgehead atoms. The van der Waals surface area contributed by atoms with E-state index < -0.39 is 0 Å². The van der Waals surface area contributed by atoms with E-state index in [2.05, 4.69) is 0 Å². The van der Waals surface area contributed by atoms with E-state index in [0.717, 1.165) is 32.1 Å². The van der Waals surface area contributed by atoms with Gasteiger partial charge in [-0.15, -0.1) is 0 Å². The molecule has 0 spiro atoms. The molecule has 0 radical (unpaired) electrons. The van der Waals surface area contributed by atoms with Crippen molar-refractivity contribution in [1.82, 2.24) is 0 Å². The van der Waals surface area contributed by atoms with Crippen LogP contribution in [0.5, 0.6) is 0 Å². The van der Waals surface area contributed by atoms with Gasteiger partial charge >= 0.3 is 5.97 Å². The molecule has 1 aliphatic rings. The summed E-state index contributed by atoms with van der Waals surface area (Å²) in [6.45, 7) is 2.29. The molecule has 3 nitrogen and oxygen atoms in total. The Balaban J connectivity index is 2.10. The average Bonchev–Trinajstić information content (AvgIpc) is 2.21. The Morgan fingerprint density at radius 1 is 1.40 bits per heavy atom. The van der Waals surface area contributed by atoms with Crippen LogP contribution in [0.2, 0.25) is 0 Å². The molecule has 0 amide bonds. The summed E-state index contributed by atoms with van der Waals surface area (Å²) in [6.07, 6.45) is 6.59. The van der Waals surface area contributed by atoms with E-state index in [0.29, 0.717) is 18.9 Å². The van der Waals surface area contributed by atoms with Crippen molar-refractivity contribution in [2.75, 3.05) is 6.61 Å². The van der Waals surface area contributed by atoms with E-state index in [9.17, 15) is 9.90 Å². The van der Waals surface area contributed by atoms with E-state index in [1.54, 1.807) is 0 Å². The summed E-state index contributed by atoms with van der Waals surface area (Å²) in [7, 11) is 0. The fourth-order valence-electron chi connectivity index (χ4n) is 2.27. The van der Waals surface area contributed by atoms with E-state index in [4.69, 9.17) is 4.74 Å². The first-order valence-corrected chi connectivity index (χ1v) is 6.07. The third-order valence-corrected chi connectivity index (χ3v) is 3.13. The molecule has 0 aliphatic heterocycles. The van der Waals surface area contributed by atoms with Crippen molar-refractivity contribution >= 4 is 5.97 Å². The Hall–Kier alpha value is -0.570. The first kappa shape index (κ1) is 12.5. The average molecular weight is 214 g/mol. The Morgan fingerprint density at radius 2 is 2.13 bits per heavy atom. The van der Waals surface area contributed by atoms with Crippen molar-refractivity contribution in [2.24, 2.45) is 5.92 Å². The van der Waals surface area contributed by atoms with Crippen LogP contribution in [0.25, 0.3) is 0 Å². The molecular formula is C12H22O3. The number of esters is 1. The lowest BCUT2D eigenvalue weighted by Crippen LogP contribution is -2.24. The van der Waals surface area contributed by atoms with Crippen LogP contribution in [0.4, 0.5) is 0 Å². The second-order valence-electron chi connectivity index (χ2n) is 4.31. The van der Waals surface area contributed by atoms with Gasteiger partial charge in [0.2, 0.25) is 0 Å². The highest BCUT2D eigenvalue weighted by molar-refractivity contribution is 5.69. The van der Waals surface area contributed by atoms with Crippen molar-refractivity contribution in [3.63, 3.8) is 0 Å². The zero-order valence-electron chi connectivity index (χ0n) is 9.58. The van der Waals surface area contributed by atoms with E-state index >= 15 is 0 Å². The largest absolute Gasteiger partial charge is 0.466 e. The summed E-state index contributed by atoms with van der Waals surface area (Å²) in [4.78, 5) is 11.1. The van der Waals surface area contributed by atoms with E-state index in [1.807, 2.05) is 6.92 Å². The lowest BCUT2D eigenvalue weighted by molar-refractivity contribution is -0.143. The van der Waals surface area contributed by atoms with Crippen LogP contribution >= 0.6 is 0 Å². The normalized spacial score (nSPS) is 26.3. The van der Waals surface area contributed by atoms with Gasteiger partial charge in [0.15, 0.2) is 0 Å².